The fourth-order valence-corrected chi connectivity index (χ4v) is 2.93. The molecule has 128 valence electrons. The fraction of sp³-hybridized carbons (Fsp3) is 0.118. The van der Waals surface area contributed by atoms with Crippen molar-refractivity contribution in [2.75, 3.05) is 11.1 Å². The second-order valence-electron chi connectivity index (χ2n) is 5.23. The molecule has 2 aromatic carbocycles. The number of rotatable bonds is 5. The molecule has 0 aliphatic carbocycles. The van der Waals surface area contributed by atoms with Crippen LogP contribution in [-0.4, -0.2) is 31.5 Å². The molecule has 1 heterocycles. The van der Waals surface area contributed by atoms with E-state index >= 15 is 0 Å². The zero-order chi connectivity index (χ0) is 17.8. The van der Waals surface area contributed by atoms with Crippen LogP contribution in [0.5, 0.6) is 5.75 Å². The topological polar surface area (TPSA) is 80.0 Å². The summed E-state index contributed by atoms with van der Waals surface area (Å²) in [6.07, 6.45) is 0. The minimum absolute atomic E-state index is 0.00731. The lowest BCUT2D eigenvalue weighted by Gasteiger charge is -2.07. The van der Waals surface area contributed by atoms with E-state index in [-0.39, 0.29) is 23.2 Å². The van der Waals surface area contributed by atoms with Crippen LogP contribution in [0.2, 0.25) is 0 Å². The largest absolute Gasteiger partial charge is 0.506 e. The molecule has 1 amide bonds. The lowest BCUT2D eigenvalue weighted by Crippen LogP contribution is -2.14. The third-order valence-corrected chi connectivity index (χ3v) is 4.45. The van der Waals surface area contributed by atoms with Crippen LogP contribution in [0, 0.1) is 5.82 Å². The van der Waals surface area contributed by atoms with Crippen LogP contribution in [0.15, 0.2) is 53.7 Å². The fourth-order valence-electron chi connectivity index (χ4n) is 2.22. The molecule has 3 rings (SSSR count). The number of hydrogen-bond acceptors (Lipinski definition) is 5. The molecule has 6 nitrogen and oxygen atoms in total. The minimum Gasteiger partial charge on any atom is -0.506 e. The second kappa shape index (κ2) is 7.35. The summed E-state index contributed by atoms with van der Waals surface area (Å²) in [5, 5.41) is 20.9. The van der Waals surface area contributed by atoms with Gasteiger partial charge < -0.3 is 15.0 Å². The minimum atomic E-state index is -0.350. The van der Waals surface area contributed by atoms with Crippen molar-refractivity contribution in [3.63, 3.8) is 0 Å². The number of halogens is 1. The molecule has 0 saturated heterocycles. The Hall–Kier alpha value is -2.87. The molecule has 0 unspecified atom stereocenters. The van der Waals surface area contributed by atoms with Crippen molar-refractivity contribution in [1.29, 1.82) is 0 Å². The van der Waals surface area contributed by atoms with E-state index in [0.29, 0.717) is 22.2 Å². The zero-order valence-electron chi connectivity index (χ0n) is 13.3. The molecule has 0 bridgehead atoms. The predicted molar refractivity (Wildman–Crippen MR) is 93.9 cm³/mol. The van der Waals surface area contributed by atoms with Gasteiger partial charge in [-0.05, 0) is 24.3 Å². The van der Waals surface area contributed by atoms with Gasteiger partial charge in [-0.25, -0.2) is 4.39 Å². The zero-order valence-corrected chi connectivity index (χ0v) is 14.1. The van der Waals surface area contributed by atoms with Crippen LogP contribution in [0.1, 0.15) is 0 Å². The third kappa shape index (κ3) is 3.97. The van der Waals surface area contributed by atoms with Crippen LogP contribution < -0.4 is 5.32 Å². The number of phenols is 1. The molecule has 0 saturated carbocycles. The van der Waals surface area contributed by atoms with Gasteiger partial charge in [0.1, 0.15) is 11.6 Å². The highest BCUT2D eigenvalue weighted by atomic mass is 32.2. The number of benzene rings is 2. The first-order valence-corrected chi connectivity index (χ1v) is 8.39. The number of para-hydroxylation sites is 2. The summed E-state index contributed by atoms with van der Waals surface area (Å²) >= 11 is 1.20. The highest BCUT2D eigenvalue weighted by Crippen LogP contribution is 2.24. The first-order chi connectivity index (χ1) is 12.0. The van der Waals surface area contributed by atoms with Crippen molar-refractivity contribution in [1.82, 2.24) is 14.8 Å². The molecule has 0 atom stereocenters. The molecule has 0 aliphatic rings. The molecule has 0 aliphatic heterocycles. The van der Waals surface area contributed by atoms with Crippen molar-refractivity contribution in [3.8, 4) is 17.1 Å². The van der Waals surface area contributed by atoms with Gasteiger partial charge in [0, 0.05) is 12.6 Å². The molecule has 0 spiro atoms. The van der Waals surface area contributed by atoms with Crippen LogP contribution in [0.25, 0.3) is 11.4 Å². The highest BCUT2D eigenvalue weighted by molar-refractivity contribution is 7.99. The maximum absolute atomic E-state index is 13.3. The molecule has 0 radical (unpaired) electrons. The molecule has 3 aromatic rings. The number of thioether (sulfide) groups is 1. The van der Waals surface area contributed by atoms with Gasteiger partial charge in [0.2, 0.25) is 5.91 Å². The average Bonchev–Trinajstić information content (AvgIpc) is 2.96. The van der Waals surface area contributed by atoms with Crippen LogP contribution in [0.3, 0.4) is 0 Å². The predicted octanol–water partition coefficient (Wildman–Crippen LogP) is 3.06. The van der Waals surface area contributed by atoms with Gasteiger partial charge in [-0.1, -0.05) is 36.0 Å². The Morgan fingerprint density at radius 1 is 1.24 bits per heavy atom. The van der Waals surface area contributed by atoms with Gasteiger partial charge in [0.05, 0.1) is 11.4 Å². The smallest absolute Gasteiger partial charge is 0.234 e. The van der Waals surface area contributed by atoms with Crippen LogP contribution >= 0.6 is 11.8 Å². The number of hydrogen-bond donors (Lipinski definition) is 2. The van der Waals surface area contributed by atoms with Crippen molar-refractivity contribution in [2.45, 2.75) is 5.16 Å². The summed E-state index contributed by atoms with van der Waals surface area (Å²) in [5.74, 6) is -0.00160. The Bertz CT molecular complexity index is 913. The summed E-state index contributed by atoms with van der Waals surface area (Å²) in [4.78, 5) is 12.0. The van der Waals surface area contributed by atoms with E-state index < -0.39 is 0 Å². The summed E-state index contributed by atoms with van der Waals surface area (Å²) < 4.78 is 15.0. The summed E-state index contributed by atoms with van der Waals surface area (Å²) in [6, 6.07) is 12.6. The van der Waals surface area contributed by atoms with Crippen molar-refractivity contribution >= 4 is 23.4 Å². The van der Waals surface area contributed by atoms with Crippen molar-refractivity contribution in [2.24, 2.45) is 7.05 Å². The standard InChI is InChI=1S/C17H15FN4O2S/c1-22-16(11-5-4-6-12(18)9-11)20-21-17(22)25-10-15(24)19-13-7-2-3-8-14(13)23/h2-9,23H,10H2,1H3,(H,19,24). The van der Waals surface area contributed by atoms with E-state index in [4.69, 9.17) is 0 Å². The number of amides is 1. The summed E-state index contributed by atoms with van der Waals surface area (Å²) in [7, 11) is 1.75. The summed E-state index contributed by atoms with van der Waals surface area (Å²) in [5.41, 5.74) is 0.965. The van der Waals surface area contributed by atoms with E-state index in [1.165, 1.54) is 30.0 Å². The Morgan fingerprint density at radius 2 is 2.04 bits per heavy atom. The van der Waals surface area contributed by atoms with Crippen molar-refractivity contribution < 1.29 is 14.3 Å². The normalized spacial score (nSPS) is 10.6. The lowest BCUT2D eigenvalue weighted by atomic mass is 10.2. The number of carbonyl (C=O) groups is 1. The number of anilines is 1. The first-order valence-electron chi connectivity index (χ1n) is 7.40. The lowest BCUT2D eigenvalue weighted by molar-refractivity contribution is -0.113. The summed E-state index contributed by atoms with van der Waals surface area (Å²) in [6.45, 7) is 0. The molecular weight excluding hydrogens is 343 g/mol. The molecule has 1 aromatic heterocycles. The van der Waals surface area contributed by atoms with E-state index in [0.717, 1.165) is 0 Å². The number of aromatic nitrogens is 3. The van der Waals surface area contributed by atoms with Gasteiger partial charge in [-0.15, -0.1) is 10.2 Å². The molecule has 2 N–H and O–H groups in total. The Labute approximate surface area is 147 Å². The van der Waals surface area contributed by atoms with Gasteiger partial charge in [0.15, 0.2) is 11.0 Å². The number of nitrogens with one attached hydrogen (secondary N) is 1. The monoisotopic (exact) mass is 358 g/mol. The first kappa shape index (κ1) is 17.0. The van der Waals surface area contributed by atoms with Gasteiger partial charge >= 0.3 is 0 Å². The van der Waals surface area contributed by atoms with Gasteiger partial charge in [-0.2, -0.15) is 0 Å². The molecule has 25 heavy (non-hydrogen) atoms. The highest BCUT2D eigenvalue weighted by Gasteiger charge is 2.14. The second-order valence-corrected chi connectivity index (χ2v) is 6.17. The number of phenolic OH excluding ortho intramolecular Hbond substituents is 1. The maximum Gasteiger partial charge on any atom is 0.234 e. The molecular formula is C17H15FN4O2S. The number of aromatic hydroxyl groups is 1. The Balaban J connectivity index is 1.66. The number of nitrogens with zero attached hydrogens (tertiary/aromatic N) is 3. The molecule has 8 heteroatoms. The van der Waals surface area contributed by atoms with Gasteiger partial charge in [0.25, 0.3) is 0 Å². The van der Waals surface area contributed by atoms with E-state index in [2.05, 4.69) is 15.5 Å². The Morgan fingerprint density at radius 3 is 2.80 bits per heavy atom. The average molecular weight is 358 g/mol. The third-order valence-electron chi connectivity index (χ3n) is 3.43. The van der Waals surface area contributed by atoms with Crippen LogP contribution in [-0.2, 0) is 11.8 Å². The SMILES string of the molecule is Cn1c(SCC(=O)Nc2ccccc2O)nnc1-c1cccc(F)c1. The van der Waals surface area contributed by atoms with Gasteiger partial charge in [-0.3, -0.25) is 4.79 Å². The maximum atomic E-state index is 13.3. The quantitative estimate of drug-likeness (QED) is 0.541. The van der Waals surface area contributed by atoms with E-state index in [1.807, 2.05) is 0 Å². The Kier molecular flexibility index (Phi) is 4.99. The van der Waals surface area contributed by atoms with Crippen LogP contribution in [0.4, 0.5) is 10.1 Å². The number of carbonyl (C=O) groups excluding carboxylic acids is 1. The van der Waals surface area contributed by atoms with E-state index in [9.17, 15) is 14.3 Å². The van der Waals surface area contributed by atoms with Crippen molar-refractivity contribution in [3.05, 3.63) is 54.3 Å². The van der Waals surface area contributed by atoms with E-state index in [1.54, 1.807) is 41.9 Å². The molecule has 0 fully saturated rings.